The van der Waals surface area contributed by atoms with Crippen LogP contribution < -0.4 is 21.1 Å². The number of alkyl halides is 3. The first-order valence-electron chi connectivity index (χ1n) is 12.1. The number of rotatable bonds is 12. The van der Waals surface area contributed by atoms with Gasteiger partial charge in [0.05, 0.1) is 18.7 Å². The fraction of sp³-hybridized carbons (Fsp3) is 0.560. The van der Waals surface area contributed by atoms with E-state index in [0.717, 1.165) is 6.42 Å². The number of nitrogens with zero attached hydrogens (tertiary/aromatic N) is 1. The van der Waals surface area contributed by atoms with E-state index in [1.54, 1.807) is 24.3 Å². The molecule has 37 heavy (non-hydrogen) atoms. The highest BCUT2D eigenvalue weighted by Gasteiger charge is 2.35. The minimum atomic E-state index is -4.97. The number of Topliss-reactive ketones (excluding diaryl/α,β-unsaturated/α-hetero) is 1. The fourth-order valence-electron chi connectivity index (χ4n) is 4.74. The maximum Gasteiger partial charge on any atom is 0.522 e. The lowest BCUT2D eigenvalue weighted by atomic mass is 9.95. The number of nitrogens with one attached hydrogen (secondary N) is 2. The number of amides is 2. The molecular weight excluding hydrogens is 493 g/mol. The number of carbonyl (C=O) groups is 3. The Balaban J connectivity index is 1.98. The number of benzene rings is 1. The van der Waals surface area contributed by atoms with Gasteiger partial charge in [-0.25, -0.2) is 0 Å². The summed E-state index contributed by atoms with van der Waals surface area (Å²) in [5.74, 6) is -1.78. The van der Waals surface area contributed by atoms with Crippen molar-refractivity contribution < 1.29 is 37.0 Å². The van der Waals surface area contributed by atoms with Crippen molar-refractivity contribution in [2.45, 2.75) is 51.6 Å². The summed E-state index contributed by atoms with van der Waals surface area (Å²) in [4.78, 5) is 38.8. The zero-order valence-electron chi connectivity index (χ0n) is 21.1. The summed E-state index contributed by atoms with van der Waals surface area (Å²) in [5.41, 5.74) is 6.26. The topological polar surface area (TPSA) is 125 Å². The third kappa shape index (κ3) is 7.22. The lowest BCUT2D eigenvalue weighted by molar-refractivity contribution is -0.321. The van der Waals surface area contributed by atoms with Crippen LogP contribution in [0.15, 0.2) is 24.3 Å². The molecule has 0 bridgehead atoms. The van der Waals surface area contributed by atoms with E-state index in [-0.39, 0.29) is 30.4 Å². The summed E-state index contributed by atoms with van der Waals surface area (Å²) in [7, 11) is 1.48. The van der Waals surface area contributed by atoms with Crippen LogP contribution in [0, 0.1) is 11.8 Å². The first-order valence-corrected chi connectivity index (χ1v) is 12.1. The second kappa shape index (κ2) is 12.0. The van der Waals surface area contributed by atoms with Gasteiger partial charge in [-0.3, -0.25) is 19.1 Å². The molecule has 3 rings (SSSR count). The smallest absolute Gasteiger partial charge is 0.496 e. The molecule has 2 heterocycles. The van der Waals surface area contributed by atoms with Crippen LogP contribution >= 0.6 is 0 Å². The van der Waals surface area contributed by atoms with Crippen LogP contribution in [0.1, 0.15) is 49.6 Å². The molecule has 1 aliphatic heterocycles. The number of carbonyl (C=O) groups excluding carboxylic acids is 3. The second-order valence-corrected chi connectivity index (χ2v) is 9.66. The minimum Gasteiger partial charge on any atom is -0.496 e. The highest BCUT2D eigenvalue weighted by molar-refractivity contribution is 6.01. The highest BCUT2D eigenvalue weighted by atomic mass is 19.4. The molecule has 12 heteroatoms. The van der Waals surface area contributed by atoms with Crippen molar-refractivity contribution in [1.29, 1.82) is 0 Å². The molecular formula is C25H33F3N4O5. The van der Waals surface area contributed by atoms with Gasteiger partial charge in [-0.05, 0) is 62.4 Å². The Hall–Kier alpha value is -3.12. The molecule has 204 valence electrons. The number of nitrogens with two attached hydrogens (primary N) is 1. The molecule has 0 spiro atoms. The van der Waals surface area contributed by atoms with Gasteiger partial charge in [-0.2, -0.15) is 0 Å². The maximum atomic E-state index is 13.7. The SMILES string of the molecule is COc1cccc2c1cc(C(N)=O)n2[C@@H](CC(C)C)C(=O)N[C@@H](C[C@@H]1CCNC1)C(=O)COC(F)(F)F. The van der Waals surface area contributed by atoms with E-state index >= 15 is 0 Å². The molecule has 4 N–H and O–H groups in total. The summed E-state index contributed by atoms with van der Waals surface area (Å²) in [6.07, 6.45) is -3.81. The van der Waals surface area contributed by atoms with E-state index in [9.17, 15) is 27.6 Å². The zero-order valence-corrected chi connectivity index (χ0v) is 21.1. The van der Waals surface area contributed by atoms with Crippen LogP contribution in [-0.4, -0.2) is 61.4 Å². The van der Waals surface area contributed by atoms with Crippen LogP contribution in [0.25, 0.3) is 10.9 Å². The highest BCUT2D eigenvalue weighted by Crippen LogP contribution is 2.33. The Kier molecular flexibility index (Phi) is 9.19. The molecule has 1 fully saturated rings. The van der Waals surface area contributed by atoms with Gasteiger partial charge >= 0.3 is 6.36 Å². The normalized spacial score (nSPS) is 17.6. The van der Waals surface area contributed by atoms with Crippen LogP contribution in [0.2, 0.25) is 0 Å². The number of primary amides is 1. The van der Waals surface area contributed by atoms with Crippen LogP contribution in [-0.2, 0) is 14.3 Å². The number of hydrogen-bond acceptors (Lipinski definition) is 6. The van der Waals surface area contributed by atoms with E-state index in [0.29, 0.717) is 29.7 Å². The standard InChI is InChI=1S/C25H33F3N4O5/c1-14(2)9-20(32-18-5-4-6-22(36-3)16(18)11-19(32)23(29)34)24(35)31-17(10-15-7-8-30-12-15)21(33)13-37-25(26,27)28/h4-6,11,14-15,17,20,30H,7-10,12-13H2,1-3H3,(H2,29,34)(H,31,35)/t15-,17-,20-/m0/s1. The maximum absolute atomic E-state index is 13.7. The van der Waals surface area contributed by atoms with Crippen LogP contribution in [0.5, 0.6) is 5.75 Å². The van der Waals surface area contributed by atoms with E-state index < -0.39 is 42.7 Å². The Morgan fingerprint density at radius 1 is 1.27 bits per heavy atom. The van der Waals surface area contributed by atoms with Crippen molar-refractivity contribution in [1.82, 2.24) is 15.2 Å². The second-order valence-electron chi connectivity index (χ2n) is 9.66. The predicted octanol–water partition coefficient (Wildman–Crippen LogP) is 2.93. The van der Waals surface area contributed by atoms with Gasteiger partial charge in [0.15, 0.2) is 5.78 Å². The van der Waals surface area contributed by atoms with Gasteiger partial charge in [0, 0.05) is 5.39 Å². The van der Waals surface area contributed by atoms with Gasteiger partial charge in [-0.1, -0.05) is 19.9 Å². The third-order valence-electron chi connectivity index (χ3n) is 6.44. The molecule has 0 radical (unpaired) electrons. The lowest BCUT2D eigenvalue weighted by Gasteiger charge is -2.27. The van der Waals surface area contributed by atoms with Crippen molar-refractivity contribution in [3.63, 3.8) is 0 Å². The number of ketones is 1. The van der Waals surface area contributed by atoms with Crippen molar-refractivity contribution in [2.24, 2.45) is 17.6 Å². The Labute approximate surface area is 212 Å². The molecule has 0 unspecified atom stereocenters. The number of methoxy groups -OCH3 is 1. The summed E-state index contributed by atoms with van der Waals surface area (Å²) in [6.45, 7) is 3.87. The van der Waals surface area contributed by atoms with Gasteiger partial charge in [-0.15, -0.1) is 13.2 Å². The summed E-state index contributed by atoms with van der Waals surface area (Å²) < 4.78 is 48.5. The van der Waals surface area contributed by atoms with E-state index in [2.05, 4.69) is 15.4 Å². The number of hydrogen-bond donors (Lipinski definition) is 3. The molecule has 2 aromatic rings. The average Bonchev–Trinajstić information content (AvgIpc) is 3.47. The van der Waals surface area contributed by atoms with Crippen LogP contribution in [0.3, 0.4) is 0 Å². The molecule has 1 aliphatic rings. The van der Waals surface area contributed by atoms with Gasteiger partial charge < -0.3 is 25.7 Å². The quantitative estimate of drug-likeness (QED) is 0.391. The Morgan fingerprint density at radius 3 is 2.57 bits per heavy atom. The zero-order chi connectivity index (χ0) is 27.3. The largest absolute Gasteiger partial charge is 0.522 e. The fourth-order valence-corrected chi connectivity index (χ4v) is 4.74. The van der Waals surface area contributed by atoms with Gasteiger partial charge in [0.2, 0.25) is 5.91 Å². The Morgan fingerprint density at radius 2 is 2.00 bits per heavy atom. The number of ether oxygens (including phenoxy) is 2. The molecule has 1 aromatic carbocycles. The van der Waals surface area contributed by atoms with Crippen molar-refractivity contribution >= 4 is 28.5 Å². The molecule has 3 atom stereocenters. The van der Waals surface area contributed by atoms with E-state index in [4.69, 9.17) is 10.5 Å². The summed E-state index contributed by atoms with van der Waals surface area (Å²) in [5, 5.41) is 6.38. The van der Waals surface area contributed by atoms with Crippen molar-refractivity contribution in [3.05, 3.63) is 30.0 Å². The number of fused-ring (bicyclic) bond motifs is 1. The van der Waals surface area contributed by atoms with Crippen LogP contribution in [0.4, 0.5) is 13.2 Å². The molecule has 0 saturated carbocycles. The Bertz CT molecular complexity index is 1130. The van der Waals surface area contributed by atoms with E-state index in [1.165, 1.54) is 11.7 Å². The lowest BCUT2D eigenvalue weighted by Crippen LogP contribution is -2.47. The van der Waals surface area contributed by atoms with Crippen molar-refractivity contribution in [2.75, 3.05) is 26.8 Å². The van der Waals surface area contributed by atoms with E-state index in [1.807, 2.05) is 13.8 Å². The minimum absolute atomic E-state index is 0.00142. The summed E-state index contributed by atoms with van der Waals surface area (Å²) in [6, 6.07) is 4.52. The monoisotopic (exact) mass is 526 g/mol. The molecule has 1 aromatic heterocycles. The van der Waals surface area contributed by atoms with Gasteiger partial charge in [0.25, 0.3) is 5.91 Å². The first kappa shape index (κ1) is 28.5. The number of halogens is 3. The molecule has 1 saturated heterocycles. The summed E-state index contributed by atoms with van der Waals surface area (Å²) >= 11 is 0. The predicted molar refractivity (Wildman–Crippen MR) is 130 cm³/mol. The molecule has 0 aliphatic carbocycles. The average molecular weight is 527 g/mol. The van der Waals surface area contributed by atoms with Gasteiger partial charge in [0.1, 0.15) is 24.1 Å². The first-order chi connectivity index (χ1) is 17.4. The number of aromatic nitrogens is 1. The molecule has 2 amide bonds. The third-order valence-corrected chi connectivity index (χ3v) is 6.44. The van der Waals surface area contributed by atoms with Crippen molar-refractivity contribution in [3.8, 4) is 5.75 Å². The molecule has 9 nitrogen and oxygen atoms in total.